The fourth-order valence-electron chi connectivity index (χ4n) is 2.09. The highest BCUT2D eigenvalue weighted by molar-refractivity contribution is 5.17. The highest BCUT2D eigenvalue weighted by Gasteiger charge is 2.30. The van der Waals surface area contributed by atoms with Crippen molar-refractivity contribution in [3.05, 3.63) is 23.8 Å². The van der Waals surface area contributed by atoms with Crippen molar-refractivity contribution in [1.82, 2.24) is 0 Å². The third kappa shape index (κ3) is 1.80. The molecular weight excluding hydrogens is 144 g/mol. The number of allylic oxidation sites excluding steroid dienone is 4. The molecule has 0 heteroatoms. The highest BCUT2D eigenvalue weighted by atomic mass is 14.3. The van der Waals surface area contributed by atoms with Crippen molar-refractivity contribution < 1.29 is 0 Å². The van der Waals surface area contributed by atoms with E-state index in [0.29, 0.717) is 11.3 Å². The number of rotatable bonds is 1. The minimum absolute atomic E-state index is 0.432. The third-order valence-electron chi connectivity index (χ3n) is 2.92. The first kappa shape index (κ1) is 9.57. The maximum Gasteiger partial charge on any atom is 0.00311 e. The largest absolute Gasteiger partial charge is 0.0850 e. The van der Waals surface area contributed by atoms with Gasteiger partial charge < -0.3 is 0 Å². The van der Waals surface area contributed by atoms with Crippen molar-refractivity contribution in [2.45, 2.75) is 40.5 Å². The maximum absolute atomic E-state index is 3.16. The van der Waals surface area contributed by atoms with E-state index < -0.39 is 0 Å². The lowest BCUT2D eigenvalue weighted by molar-refractivity contribution is 0.255. The number of hydrogen-bond donors (Lipinski definition) is 0. The van der Waals surface area contributed by atoms with Gasteiger partial charge in [-0.05, 0) is 32.1 Å². The van der Waals surface area contributed by atoms with Crippen molar-refractivity contribution in [2.24, 2.45) is 11.3 Å². The van der Waals surface area contributed by atoms with Gasteiger partial charge in [0.15, 0.2) is 0 Å². The van der Waals surface area contributed by atoms with E-state index in [4.69, 9.17) is 0 Å². The summed E-state index contributed by atoms with van der Waals surface area (Å²) in [6, 6.07) is 0. The van der Waals surface area contributed by atoms with Crippen LogP contribution in [0.1, 0.15) is 40.5 Å². The molecule has 1 aliphatic rings. The van der Waals surface area contributed by atoms with Crippen LogP contribution in [0.3, 0.4) is 0 Å². The Labute approximate surface area is 76.4 Å². The first-order chi connectivity index (χ1) is 5.58. The SMILES string of the molecule is C/[C]=C/C1C(C)=CCCC1(C)C. The molecule has 0 heterocycles. The van der Waals surface area contributed by atoms with Crippen molar-refractivity contribution in [1.29, 1.82) is 0 Å². The van der Waals surface area contributed by atoms with Gasteiger partial charge in [0.25, 0.3) is 0 Å². The van der Waals surface area contributed by atoms with Gasteiger partial charge in [-0.2, -0.15) is 0 Å². The van der Waals surface area contributed by atoms with E-state index in [-0.39, 0.29) is 0 Å². The molecular formula is C12H19. The quantitative estimate of drug-likeness (QED) is 0.516. The second-order valence-electron chi connectivity index (χ2n) is 4.41. The summed E-state index contributed by atoms with van der Waals surface area (Å²) in [6.07, 6.45) is 10.3. The minimum atomic E-state index is 0.432. The number of hydrogen-bond acceptors (Lipinski definition) is 0. The summed E-state index contributed by atoms with van der Waals surface area (Å²) in [5.74, 6) is 0.608. The Morgan fingerprint density at radius 3 is 2.75 bits per heavy atom. The van der Waals surface area contributed by atoms with E-state index in [1.165, 1.54) is 18.4 Å². The first-order valence-corrected chi connectivity index (χ1v) is 4.75. The molecule has 67 valence electrons. The smallest absolute Gasteiger partial charge is 0.00311 e. The van der Waals surface area contributed by atoms with Gasteiger partial charge in [0, 0.05) is 5.92 Å². The summed E-state index contributed by atoms with van der Waals surface area (Å²) in [5.41, 5.74) is 1.95. The van der Waals surface area contributed by atoms with Crippen molar-refractivity contribution in [2.75, 3.05) is 0 Å². The van der Waals surface area contributed by atoms with Crippen LogP contribution in [-0.2, 0) is 0 Å². The fraction of sp³-hybridized carbons (Fsp3) is 0.667. The molecule has 1 rings (SSSR count). The zero-order chi connectivity index (χ0) is 9.19. The maximum atomic E-state index is 3.16. The van der Waals surface area contributed by atoms with Gasteiger partial charge in [-0.15, -0.1) is 0 Å². The summed E-state index contributed by atoms with van der Waals surface area (Å²) in [4.78, 5) is 0. The summed E-state index contributed by atoms with van der Waals surface area (Å²) < 4.78 is 0. The molecule has 0 aromatic carbocycles. The van der Waals surface area contributed by atoms with Crippen LogP contribution in [0, 0.1) is 17.4 Å². The minimum Gasteiger partial charge on any atom is -0.0850 e. The highest BCUT2D eigenvalue weighted by Crippen LogP contribution is 2.41. The van der Waals surface area contributed by atoms with Crippen LogP contribution in [0.5, 0.6) is 0 Å². The molecule has 0 N–H and O–H groups in total. The van der Waals surface area contributed by atoms with Gasteiger partial charge in [-0.3, -0.25) is 0 Å². The van der Waals surface area contributed by atoms with Crippen LogP contribution in [-0.4, -0.2) is 0 Å². The van der Waals surface area contributed by atoms with Gasteiger partial charge in [-0.1, -0.05) is 37.6 Å². The summed E-state index contributed by atoms with van der Waals surface area (Å²) >= 11 is 0. The topological polar surface area (TPSA) is 0 Å². The molecule has 1 aliphatic carbocycles. The van der Waals surface area contributed by atoms with E-state index in [9.17, 15) is 0 Å². The van der Waals surface area contributed by atoms with Crippen LogP contribution in [0.2, 0.25) is 0 Å². The Kier molecular flexibility index (Phi) is 2.76. The Hall–Kier alpha value is -0.520. The Morgan fingerprint density at radius 2 is 2.25 bits per heavy atom. The Bertz CT molecular complexity index is 206. The van der Waals surface area contributed by atoms with Gasteiger partial charge in [0.2, 0.25) is 0 Å². The molecule has 0 fully saturated rings. The lowest BCUT2D eigenvalue weighted by Gasteiger charge is -2.36. The second kappa shape index (κ2) is 3.47. The predicted molar refractivity (Wildman–Crippen MR) is 53.7 cm³/mol. The first-order valence-electron chi connectivity index (χ1n) is 4.75. The van der Waals surface area contributed by atoms with Crippen molar-refractivity contribution in [3.63, 3.8) is 0 Å². The molecule has 1 unspecified atom stereocenters. The van der Waals surface area contributed by atoms with Crippen molar-refractivity contribution >= 4 is 0 Å². The lowest BCUT2D eigenvalue weighted by Crippen LogP contribution is -2.26. The standard InChI is InChI=1S/C12H19/c1-5-7-11-10(2)8-6-9-12(11,3)4/h7-8,11H,6,9H2,1-4H3. The third-order valence-corrected chi connectivity index (χ3v) is 2.92. The fourth-order valence-corrected chi connectivity index (χ4v) is 2.09. The molecule has 0 nitrogen and oxygen atoms in total. The second-order valence-corrected chi connectivity index (χ2v) is 4.41. The van der Waals surface area contributed by atoms with Gasteiger partial charge >= 0.3 is 0 Å². The zero-order valence-corrected chi connectivity index (χ0v) is 8.65. The van der Waals surface area contributed by atoms with Gasteiger partial charge in [0.1, 0.15) is 0 Å². The molecule has 0 spiro atoms. The Balaban J connectivity index is 2.88. The molecule has 0 aliphatic heterocycles. The molecule has 12 heavy (non-hydrogen) atoms. The van der Waals surface area contributed by atoms with Crippen LogP contribution in [0.15, 0.2) is 17.7 Å². The van der Waals surface area contributed by atoms with Crippen LogP contribution in [0.25, 0.3) is 0 Å². The predicted octanol–water partition coefficient (Wildman–Crippen LogP) is 3.75. The molecule has 0 saturated heterocycles. The van der Waals surface area contributed by atoms with Crippen LogP contribution >= 0.6 is 0 Å². The molecule has 1 radical (unpaired) electrons. The van der Waals surface area contributed by atoms with E-state index in [1.807, 2.05) is 6.92 Å². The van der Waals surface area contributed by atoms with E-state index in [2.05, 4.69) is 39.0 Å². The van der Waals surface area contributed by atoms with Crippen LogP contribution < -0.4 is 0 Å². The normalized spacial score (nSPS) is 29.0. The summed E-state index contributed by atoms with van der Waals surface area (Å²) in [5, 5.41) is 0. The molecule has 0 amide bonds. The van der Waals surface area contributed by atoms with E-state index >= 15 is 0 Å². The summed E-state index contributed by atoms with van der Waals surface area (Å²) in [6.45, 7) is 8.92. The summed E-state index contributed by atoms with van der Waals surface area (Å²) in [7, 11) is 0. The molecule has 0 saturated carbocycles. The molecule has 0 aromatic heterocycles. The molecule has 1 atom stereocenters. The Morgan fingerprint density at radius 1 is 1.58 bits per heavy atom. The van der Waals surface area contributed by atoms with Crippen molar-refractivity contribution in [3.8, 4) is 0 Å². The van der Waals surface area contributed by atoms with E-state index in [1.54, 1.807) is 0 Å². The average Bonchev–Trinajstić information content (AvgIpc) is 1.97. The van der Waals surface area contributed by atoms with Gasteiger partial charge in [-0.25, -0.2) is 0 Å². The monoisotopic (exact) mass is 163 g/mol. The molecule has 0 bridgehead atoms. The lowest BCUT2D eigenvalue weighted by atomic mass is 9.69. The molecule has 0 aromatic rings. The van der Waals surface area contributed by atoms with Crippen LogP contribution in [0.4, 0.5) is 0 Å². The average molecular weight is 163 g/mol. The van der Waals surface area contributed by atoms with Gasteiger partial charge in [0.05, 0.1) is 0 Å². The zero-order valence-electron chi connectivity index (χ0n) is 8.65. The van der Waals surface area contributed by atoms with E-state index in [0.717, 1.165) is 0 Å².